The van der Waals surface area contributed by atoms with Crippen LogP contribution in [0.2, 0.25) is 0 Å². The first-order valence-corrected chi connectivity index (χ1v) is 7.89. The average molecular weight is 285 g/mol. The fourth-order valence-corrected chi connectivity index (χ4v) is 2.64. The molecule has 21 heavy (non-hydrogen) atoms. The Balaban J connectivity index is 1.68. The number of benzene rings is 1. The van der Waals surface area contributed by atoms with E-state index in [-0.39, 0.29) is 5.78 Å². The maximum Gasteiger partial charge on any atom is 0.211 e. The number of rotatable bonds is 7. The highest BCUT2D eigenvalue weighted by atomic mass is 16.3. The van der Waals surface area contributed by atoms with E-state index in [2.05, 4.69) is 18.7 Å². The summed E-state index contributed by atoms with van der Waals surface area (Å²) in [5.41, 5.74) is 0.793. The van der Waals surface area contributed by atoms with Crippen LogP contribution >= 0.6 is 0 Å². The van der Waals surface area contributed by atoms with Crippen LogP contribution < -0.4 is 0 Å². The minimum Gasteiger partial charge on any atom is -0.453 e. The van der Waals surface area contributed by atoms with Crippen molar-refractivity contribution in [1.29, 1.82) is 0 Å². The Bertz CT molecular complexity index is 592. The van der Waals surface area contributed by atoms with E-state index in [1.54, 1.807) is 0 Å². The van der Waals surface area contributed by atoms with Crippen LogP contribution in [-0.4, -0.2) is 29.8 Å². The Labute approximate surface area is 125 Å². The Kier molecular flexibility index (Phi) is 4.11. The summed E-state index contributed by atoms with van der Waals surface area (Å²) in [7, 11) is 0. The first-order valence-electron chi connectivity index (χ1n) is 7.89. The lowest BCUT2D eigenvalue weighted by Gasteiger charge is -2.21. The van der Waals surface area contributed by atoms with Gasteiger partial charge in [-0.1, -0.05) is 32.0 Å². The SMILES string of the molecule is CC(C)CCN(CC(=O)c1cc2ccccc2o1)C1CC1. The summed E-state index contributed by atoms with van der Waals surface area (Å²) in [6, 6.07) is 10.3. The van der Waals surface area contributed by atoms with Crippen molar-refractivity contribution in [3.8, 4) is 0 Å². The predicted molar refractivity (Wildman–Crippen MR) is 84.6 cm³/mol. The molecular weight excluding hydrogens is 262 g/mol. The normalized spacial score (nSPS) is 15.2. The molecule has 0 N–H and O–H groups in total. The van der Waals surface area contributed by atoms with Crippen LogP contribution in [0.5, 0.6) is 0 Å². The van der Waals surface area contributed by atoms with E-state index in [0.717, 1.165) is 23.9 Å². The second-order valence-corrected chi connectivity index (χ2v) is 6.46. The highest BCUT2D eigenvalue weighted by molar-refractivity contribution is 5.98. The van der Waals surface area contributed by atoms with Gasteiger partial charge in [0.25, 0.3) is 0 Å². The zero-order chi connectivity index (χ0) is 14.8. The third-order valence-corrected chi connectivity index (χ3v) is 4.10. The van der Waals surface area contributed by atoms with Gasteiger partial charge in [0.05, 0.1) is 6.54 Å². The van der Waals surface area contributed by atoms with Crippen LogP contribution in [0.25, 0.3) is 11.0 Å². The summed E-state index contributed by atoms with van der Waals surface area (Å²) in [5.74, 6) is 1.26. The largest absolute Gasteiger partial charge is 0.453 e. The molecule has 1 fully saturated rings. The number of carbonyl (C=O) groups is 1. The number of hydrogen-bond acceptors (Lipinski definition) is 3. The van der Waals surface area contributed by atoms with Crippen molar-refractivity contribution in [3.63, 3.8) is 0 Å². The molecule has 2 aromatic rings. The quantitative estimate of drug-likeness (QED) is 0.717. The highest BCUT2D eigenvalue weighted by Gasteiger charge is 2.30. The van der Waals surface area contributed by atoms with Crippen molar-refractivity contribution in [1.82, 2.24) is 4.90 Å². The molecule has 3 heteroatoms. The number of para-hydroxylation sites is 1. The molecule has 0 aliphatic heterocycles. The van der Waals surface area contributed by atoms with Gasteiger partial charge in [-0.15, -0.1) is 0 Å². The van der Waals surface area contributed by atoms with Crippen LogP contribution in [-0.2, 0) is 0 Å². The highest BCUT2D eigenvalue weighted by Crippen LogP contribution is 2.28. The van der Waals surface area contributed by atoms with E-state index in [4.69, 9.17) is 4.42 Å². The molecule has 0 atom stereocenters. The molecule has 1 aromatic carbocycles. The van der Waals surface area contributed by atoms with E-state index in [1.807, 2.05) is 30.3 Å². The maximum atomic E-state index is 12.5. The molecule has 1 aliphatic rings. The van der Waals surface area contributed by atoms with Gasteiger partial charge in [0.1, 0.15) is 5.58 Å². The molecule has 0 spiro atoms. The number of hydrogen-bond donors (Lipinski definition) is 0. The first-order chi connectivity index (χ1) is 10.1. The van der Waals surface area contributed by atoms with Crippen molar-refractivity contribution < 1.29 is 9.21 Å². The number of ketones is 1. The van der Waals surface area contributed by atoms with Crippen LogP contribution in [0, 0.1) is 5.92 Å². The smallest absolute Gasteiger partial charge is 0.211 e. The second-order valence-electron chi connectivity index (χ2n) is 6.46. The molecule has 1 aromatic heterocycles. The summed E-state index contributed by atoms with van der Waals surface area (Å²) in [6.07, 6.45) is 3.60. The number of fused-ring (bicyclic) bond motifs is 1. The standard InChI is InChI=1S/C18H23NO2/c1-13(2)9-10-19(15-7-8-15)12-16(20)18-11-14-5-3-4-6-17(14)21-18/h3-6,11,13,15H,7-10,12H2,1-2H3. The predicted octanol–water partition coefficient (Wildman–Crippen LogP) is 4.13. The second kappa shape index (κ2) is 6.02. The lowest BCUT2D eigenvalue weighted by molar-refractivity contribution is 0.0895. The van der Waals surface area contributed by atoms with Gasteiger partial charge in [-0.2, -0.15) is 0 Å². The van der Waals surface area contributed by atoms with Crippen LogP contribution in [0.15, 0.2) is 34.7 Å². The first kappa shape index (κ1) is 14.3. The number of furan rings is 1. The summed E-state index contributed by atoms with van der Waals surface area (Å²) >= 11 is 0. The molecule has 3 nitrogen and oxygen atoms in total. The molecule has 1 saturated carbocycles. The number of Topliss-reactive ketones (excluding diaryl/α,β-unsaturated/α-hetero) is 1. The Hall–Kier alpha value is -1.61. The molecule has 0 radical (unpaired) electrons. The van der Waals surface area contributed by atoms with Crippen molar-refractivity contribution in [2.45, 2.75) is 39.2 Å². The maximum absolute atomic E-state index is 12.5. The molecule has 0 bridgehead atoms. The molecule has 0 saturated heterocycles. The Morgan fingerprint density at radius 2 is 2.10 bits per heavy atom. The van der Waals surface area contributed by atoms with Crippen molar-refractivity contribution in [2.75, 3.05) is 13.1 Å². The van der Waals surface area contributed by atoms with Gasteiger partial charge in [0.15, 0.2) is 5.76 Å². The zero-order valence-corrected chi connectivity index (χ0v) is 12.8. The van der Waals surface area contributed by atoms with Gasteiger partial charge in [-0.05, 0) is 43.9 Å². The van der Waals surface area contributed by atoms with Crippen molar-refractivity contribution >= 4 is 16.8 Å². The van der Waals surface area contributed by atoms with Gasteiger partial charge in [0, 0.05) is 11.4 Å². The molecule has 1 aliphatic carbocycles. The zero-order valence-electron chi connectivity index (χ0n) is 12.8. The summed E-state index contributed by atoms with van der Waals surface area (Å²) in [5, 5.41) is 1.00. The van der Waals surface area contributed by atoms with E-state index in [9.17, 15) is 4.79 Å². The number of carbonyl (C=O) groups excluding carboxylic acids is 1. The molecular formula is C18H23NO2. The summed E-state index contributed by atoms with van der Waals surface area (Å²) < 4.78 is 5.68. The Morgan fingerprint density at radius 1 is 1.33 bits per heavy atom. The van der Waals surface area contributed by atoms with Gasteiger partial charge in [-0.25, -0.2) is 0 Å². The van der Waals surface area contributed by atoms with E-state index in [0.29, 0.717) is 24.3 Å². The van der Waals surface area contributed by atoms with Crippen LogP contribution in [0.3, 0.4) is 0 Å². The molecule has 0 unspecified atom stereocenters. The Morgan fingerprint density at radius 3 is 2.76 bits per heavy atom. The molecule has 112 valence electrons. The van der Waals surface area contributed by atoms with E-state index in [1.165, 1.54) is 12.8 Å². The minimum absolute atomic E-state index is 0.0989. The molecule has 1 heterocycles. The monoisotopic (exact) mass is 285 g/mol. The van der Waals surface area contributed by atoms with Crippen molar-refractivity contribution in [2.24, 2.45) is 5.92 Å². The van der Waals surface area contributed by atoms with E-state index < -0.39 is 0 Å². The minimum atomic E-state index is 0.0989. The lowest BCUT2D eigenvalue weighted by Crippen LogP contribution is -2.33. The summed E-state index contributed by atoms with van der Waals surface area (Å²) in [6.45, 7) is 5.95. The van der Waals surface area contributed by atoms with E-state index >= 15 is 0 Å². The van der Waals surface area contributed by atoms with Gasteiger partial charge in [-0.3, -0.25) is 9.69 Å². The van der Waals surface area contributed by atoms with Gasteiger partial charge >= 0.3 is 0 Å². The fraction of sp³-hybridized carbons (Fsp3) is 0.500. The number of nitrogens with zero attached hydrogens (tertiary/aromatic N) is 1. The van der Waals surface area contributed by atoms with Gasteiger partial charge < -0.3 is 4.42 Å². The van der Waals surface area contributed by atoms with Gasteiger partial charge in [0.2, 0.25) is 5.78 Å². The molecule has 0 amide bonds. The van der Waals surface area contributed by atoms with Crippen molar-refractivity contribution in [3.05, 3.63) is 36.1 Å². The molecule has 3 rings (SSSR count). The average Bonchev–Trinajstić information content (AvgIpc) is 3.20. The third-order valence-electron chi connectivity index (χ3n) is 4.10. The lowest BCUT2D eigenvalue weighted by atomic mass is 10.1. The summed E-state index contributed by atoms with van der Waals surface area (Å²) in [4.78, 5) is 14.8. The topological polar surface area (TPSA) is 33.5 Å². The van der Waals surface area contributed by atoms with Crippen LogP contribution in [0.4, 0.5) is 0 Å². The van der Waals surface area contributed by atoms with Crippen LogP contribution in [0.1, 0.15) is 43.7 Å². The fourth-order valence-electron chi connectivity index (χ4n) is 2.64. The third kappa shape index (κ3) is 3.53.